The molecule has 210 valence electrons. The van der Waals surface area contributed by atoms with Crippen molar-refractivity contribution in [2.75, 3.05) is 13.2 Å². The molecule has 1 heterocycles. The molecule has 0 aliphatic heterocycles. The van der Waals surface area contributed by atoms with Crippen molar-refractivity contribution in [3.8, 4) is 11.5 Å². The number of benzene rings is 3. The van der Waals surface area contributed by atoms with E-state index in [0.29, 0.717) is 37.5 Å². The third-order valence-corrected chi connectivity index (χ3v) is 8.98. The summed E-state index contributed by atoms with van der Waals surface area (Å²) in [5, 5.41) is 2.23. The van der Waals surface area contributed by atoms with E-state index in [4.69, 9.17) is 9.47 Å². The molecule has 4 aromatic rings. The summed E-state index contributed by atoms with van der Waals surface area (Å²) < 4.78 is 19.8. The van der Waals surface area contributed by atoms with Crippen LogP contribution in [0.4, 0.5) is 0 Å². The monoisotopic (exact) mass is 657 g/mol. The van der Waals surface area contributed by atoms with Crippen LogP contribution in [-0.4, -0.2) is 17.8 Å². The van der Waals surface area contributed by atoms with Gasteiger partial charge in [0.2, 0.25) is 6.33 Å². The summed E-state index contributed by atoms with van der Waals surface area (Å²) in [7, 11) is 0. The summed E-state index contributed by atoms with van der Waals surface area (Å²) in [6, 6.07) is 15.1. The number of nitrogens with zero attached hydrogens (tertiary/aromatic N) is 2. The number of rotatable bonds is 13. The zero-order valence-corrected chi connectivity index (χ0v) is 27.4. The van der Waals surface area contributed by atoms with Crippen molar-refractivity contribution in [1.82, 2.24) is 4.57 Å². The summed E-state index contributed by atoms with van der Waals surface area (Å²) in [4.78, 5) is 0. The van der Waals surface area contributed by atoms with Crippen LogP contribution in [-0.2, 0) is 13.1 Å². The molecular formula is C33H43Br2N2O2+. The number of ether oxygens (including phenoxy) is 2. The van der Waals surface area contributed by atoms with Crippen molar-refractivity contribution in [3.05, 3.63) is 63.3 Å². The van der Waals surface area contributed by atoms with Gasteiger partial charge in [-0.05, 0) is 74.9 Å². The highest BCUT2D eigenvalue weighted by atomic mass is 79.9. The number of hydrogen-bond donors (Lipinski definition) is 0. The summed E-state index contributed by atoms with van der Waals surface area (Å²) in [6.07, 6.45) is 5.43. The molecule has 0 saturated carbocycles. The molecule has 3 aromatic carbocycles. The Morgan fingerprint density at radius 2 is 1.38 bits per heavy atom. The van der Waals surface area contributed by atoms with E-state index in [0.717, 1.165) is 62.6 Å². The van der Waals surface area contributed by atoms with E-state index in [1.807, 2.05) is 0 Å². The van der Waals surface area contributed by atoms with E-state index in [2.05, 4.69) is 131 Å². The molecule has 0 atom stereocenters. The Hall–Kier alpha value is -2.05. The smallest absolute Gasteiger partial charge is 0.245 e. The number of hydrogen-bond acceptors (Lipinski definition) is 2. The van der Waals surface area contributed by atoms with Crippen molar-refractivity contribution in [2.45, 2.75) is 73.9 Å². The highest BCUT2D eigenvalue weighted by Crippen LogP contribution is 2.38. The third-order valence-electron chi connectivity index (χ3n) is 7.13. The molecule has 1 aromatic heterocycles. The molecule has 0 bridgehead atoms. The quantitative estimate of drug-likeness (QED) is 0.134. The van der Waals surface area contributed by atoms with Crippen LogP contribution in [0.5, 0.6) is 11.5 Å². The van der Waals surface area contributed by atoms with Gasteiger partial charge in [0.25, 0.3) is 0 Å². The van der Waals surface area contributed by atoms with E-state index in [9.17, 15) is 0 Å². The summed E-state index contributed by atoms with van der Waals surface area (Å²) >= 11 is 7.46. The molecule has 4 nitrogen and oxygen atoms in total. The molecular weight excluding hydrogens is 616 g/mol. The van der Waals surface area contributed by atoms with E-state index >= 15 is 0 Å². The van der Waals surface area contributed by atoms with Crippen LogP contribution in [0.2, 0.25) is 0 Å². The fourth-order valence-corrected chi connectivity index (χ4v) is 5.41. The number of imidazole rings is 1. The van der Waals surface area contributed by atoms with Crippen LogP contribution >= 0.6 is 31.9 Å². The first kappa shape index (κ1) is 29.9. The molecule has 0 saturated heterocycles. The van der Waals surface area contributed by atoms with Crippen LogP contribution < -0.4 is 14.0 Å². The largest absolute Gasteiger partial charge is 0.493 e. The van der Waals surface area contributed by atoms with Gasteiger partial charge in [0.1, 0.15) is 18.0 Å². The molecule has 6 heteroatoms. The van der Waals surface area contributed by atoms with Crippen molar-refractivity contribution < 1.29 is 14.0 Å². The molecule has 0 amide bonds. The van der Waals surface area contributed by atoms with E-state index in [-0.39, 0.29) is 0 Å². The van der Waals surface area contributed by atoms with Gasteiger partial charge in [0.05, 0.1) is 19.8 Å². The first-order valence-electron chi connectivity index (χ1n) is 14.3. The SMILES string of the molecule is CC(C)CCOc1cc(C[n+]2cn(CCC(C)C)c3cc(Br)c(Br)cc32)c(OCCC(C)C)c2ccccc12. The van der Waals surface area contributed by atoms with Crippen LogP contribution in [0.3, 0.4) is 0 Å². The van der Waals surface area contributed by atoms with E-state index in [1.54, 1.807) is 0 Å². The van der Waals surface area contributed by atoms with Crippen molar-refractivity contribution in [1.29, 1.82) is 0 Å². The fourth-order valence-electron chi connectivity index (χ4n) is 4.74. The lowest BCUT2D eigenvalue weighted by molar-refractivity contribution is -0.663. The summed E-state index contributed by atoms with van der Waals surface area (Å²) in [5.74, 6) is 3.73. The highest BCUT2D eigenvalue weighted by Gasteiger charge is 2.22. The molecule has 0 unspecified atom stereocenters. The van der Waals surface area contributed by atoms with Gasteiger partial charge in [0.15, 0.2) is 11.0 Å². The Balaban J connectivity index is 1.82. The summed E-state index contributed by atoms with van der Waals surface area (Å²) in [6.45, 7) is 16.6. The van der Waals surface area contributed by atoms with Crippen molar-refractivity contribution in [2.24, 2.45) is 17.8 Å². The van der Waals surface area contributed by atoms with Crippen molar-refractivity contribution >= 4 is 53.7 Å². The Labute approximate surface area is 251 Å². The van der Waals surface area contributed by atoms with E-state index < -0.39 is 0 Å². The lowest BCUT2D eigenvalue weighted by Crippen LogP contribution is -2.33. The summed E-state index contributed by atoms with van der Waals surface area (Å²) in [5.41, 5.74) is 3.56. The second-order valence-corrected chi connectivity index (χ2v) is 13.6. The lowest BCUT2D eigenvalue weighted by atomic mass is 10.0. The maximum absolute atomic E-state index is 6.58. The second-order valence-electron chi connectivity index (χ2n) is 11.8. The minimum atomic E-state index is 0.586. The average Bonchev–Trinajstić information content (AvgIpc) is 3.20. The standard InChI is InChI=1S/C33H43Br2N2O2/c1-22(2)11-14-36-21-37(31-19-29(35)28(34)18-30(31)36)20-25-17-32(38-15-12-23(3)4)26-9-7-8-10-27(26)33(25)39-16-13-24(5)6/h7-10,17-19,21-24H,11-16,20H2,1-6H3/q+1. The lowest BCUT2D eigenvalue weighted by Gasteiger charge is -2.18. The first-order chi connectivity index (χ1) is 18.6. The van der Waals surface area contributed by atoms with Gasteiger partial charge in [-0.1, -0.05) is 65.8 Å². The molecule has 39 heavy (non-hydrogen) atoms. The molecule has 0 radical (unpaired) electrons. The van der Waals surface area contributed by atoms with Gasteiger partial charge in [-0.2, -0.15) is 0 Å². The fraction of sp³-hybridized carbons (Fsp3) is 0.485. The van der Waals surface area contributed by atoms with Crippen LogP contribution in [0.15, 0.2) is 57.7 Å². The minimum Gasteiger partial charge on any atom is -0.493 e. The first-order valence-corrected chi connectivity index (χ1v) is 15.9. The van der Waals surface area contributed by atoms with Gasteiger partial charge < -0.3 is 9.47 Å². The number of aromatic nitrogens is 2. The van der Waals surface area contributed by atoms with Gasteiger partial charge in [-0.3, -0.25) is 0 Å². The molecule has 0 N–H and O–H groups in total. The Kier molecular flexibility index (Phi) is 10.4. The minimum absolute atomic E-state index is 0.586. The molecule has 4 rings (SSSR count). The predicted octanol–water partition coefficient (Wildman–Crippen LogP) is 9.55. The predicted molar refractivity (Wildman–Crippen MR) is 170 cm³/mol. The van der Waals surface area contributed by atoms with Crippen LogP contribution in [0.1, 0.15) is 66.4 Å². The average molecular weight is 660 g/mol. The highest BCUT2D eigenvalue weighted by molar-refractivity contribution is 9.13. The van der Waals surface area contributed by atoms with Crippen molar-refractivity contribution in [3.63, 3.8) is 0 Å². The molecule has 0 spiro atoms. The number of halogens is 2. The Morgan fingerprint density at radius 1 is 0.769 bits per heavy atom. The number of aryl methyl sites for hydroxylation is 1. The van der Waals surface area contributed by atoms with Gasteiger partial charge in [0, 0.05) is 37.4 Å². The third kappa shape index (κ3) is 7.58. The normalized spacial score (nSPS) is 12.0. The number of fused-ring (bicyclic) bond motifs is 2. The molecule has 0 fully saturated rings. The topological polar surface area (TPSA) is 27.3 Å². The molecule has 0 aliphatic carbocycles. The van der Waals surface area contributed by atoms with Crippen LogP contribution in [0.25, 0.3) is 21.8 Å². The molecule has 0 aliphatic rings. The van der Waals surface area contributed by atoms with Gasteiger partial charge >= 0.3 is 0 Å². The zero-order chi connectivity index (χ0) is 28.1. The zero-order valence-electron chi connectivity index (χ0n) is 24.3. The van der Waals surface area contributed by atoms with Gasteiger partial charge in [-0.25, -0.2) is 9.13 Å². The maximum Gasteiger partial charge on any atom is 0.245 e. The second kappa shape index (κ2) is 13.5. The van der Waals surface area contributed by atoms with E-state index in [1.165, 1.54) is 11.0 Å². The van der Waals surface area contributed by atoms with Crippen LogP contribution in [0, 0.1) is 17.8 Å². The Bertz CT molecular complexity index is 1410. The Morgan fingerprint density at radius 3 is 2.05 bits per heavy atom. The maximum atomic E-state index is 6.58. The van der Waals surface area contributed by atoms with Gasteiger partial charge in [-0.15, -0.1) is 0 Å².